The highest BCUT2D eigenvalue weighted by atomic mass is 32.2. The van der Waals surface area contributed by atoms with Crippen LogP contribution in [0.1, 0.15) is 6.92 Å². The maximum absolute atomic E-state index is 11.8. The van der Waals surface area contributed by atoms with Gasteiger partial charge in [0.2, 0.25) is 15.8 Å². The topological polar surface area (TPSA) is 108 Å². The molecule has 24 heavy (non-hydrogen) atoms. The van der Waals surface area contributed by atoms with Gasteiger partial charge in [-0.05, 0) is 50.4 Å². The second kappa shape index (κ2) is 7.28. The Morgan fingerprint density at radius 1 is 1.12 bits per heavy atom. The maximum Gasteiger partial charge on any atom is 0.312 e. The zero-order valence-electron chi connectivity index (χ0n) is 13.1. The zero-order valence-corrected chi connectivity index (χ0v) is 13.9. The van der Waals surface area contributed by atoms with Crippen molar-refractivity contribution >= 4 is 15.7 Å². The molecule has 9 heteroatoms. The van der Waals surface area contributed by atoms with Crippen molar-refractivity contribution < 1.29 is 22.8 Å². The molecule has 0 radical (unpaired) electrons. The summed E-state index contributed by atoms with van der Waals surface area (Å²) >= 11 is 0. The molecule has 0 aliphatic rings. The fraction of sp³-hybridized carbons (Fsp3) is 0.200. The van der Waals surface area contributed by atoms with Gasteiger partial charge in [-0.2, -0.15) is 0 Å². The van der Waals surface area contributed by atoms with Crippen LogP contribution in [0.5, 0.6) is 17.2 Å². The van der Waals surface area contributed by atoms with E-state index in [0.717, 1.165) is 6.07 Å². The molecule has 8 nitrogen and oxygen atoms in total. The Labute approximate surface area is 139 Å². The third kappa shape index (κ3) is 4.00. The highest BCUT2D eigenvalue weighted by molar-refractivity contribution is 7.89. The fourth-order valence-electron chi connectivity index (χ4n) is 1.91. The summed E-state index contributed by atoms with van der Waals surface area (Å²) < 4.78 is 36.4. The predicted octanol–water partition coefficient (Wildman–Crippen LogP) is 2.69. The SMILES string of the molecule is CCOc1ccc(Oc2ccc(S(=O)(=O)NC)cc2[N+](=O)[O-])cc1. The van der Waals surface area contributed by atoms with Crippen molar-refractivity contribution in [2.45, 2.75) is 11.8 Å². The maximum atomic E-state index is 11.8. The molecule has 0 aliphatic heterocycles. The van der Waals surface area contributed by atoms with Gasteiger partial charge in [-0.25, -0.2) is 13.1 Å². The lowest BCUT2D eigenvalue weighted by Crippen LogP contribution is -2.18. The molecule has 0 atom stereocenters. The number of hydrogen-bond donors (Lipinski definition) is 1. The number of nitrogens with one attached hydrogen (secondary N) is 1. The van der Waals surface area contributed by atoms with Crippen LogP contribution in [0.25, 0.3) is 0 Å². The van der Waals surface area contributed by atoms with Gasteiger partial charge in [0.1, 0.15) is 11.5 Å². The van der Waals surface area contributed by atoms with Crippen molar-refractivity contribution in [3.63, 3.8) is 0 Å². The summed E-state index contributed by atoms with van der Waals surface area (Å²) in [6, 6.07) is 9.99. The molecule has 0 saturated heterocycles. The number of ether oxygens (including phenoxy) is 2. The van der Waals surface area contributed by atoms with Crippen LogP contribution >= 0.6 is 0 Å². The Hall–Kier alpha value is -2.65. The van der Waals surface area contributed by atoms with E-state index in [2.05, 4.69) is 4.72 Å². The number of sulfonamides is 1. The van der Waals surface area contributed by atoms with E-state index < -0.39 is 20.6 Å². The molecule has 2 aromatic carbocycles. The van der Waals surface area contributed by atoms with Gasteiger partial charge >= 0.3 is 5.69 Å². The van der Waals surface area contributed by atoms with E-state index in [-0.39, 0.29) is 10.6 Å². The van der Waals surface area contributed by atoms with Gasteiger partial charge in [0.25, 0.3) is 0 Å². The summed E-state index contributed by atoms with van der Waals surface area (Å²) in [6.07, 6.45) is 0. The molecule has 0 bridgehead atoms. The lowest BCUT2D eigenvalue weighted by atomic mass is 10.3. The Bertz CT molecular complexity index is 834. The summed E-state index contributed by atoms with van der Waals surface area (Å²) in [5.41, 5.74) is -0.444. The molecular weight excluding hydrogens is 336 g/mol. The molecule has 0 fully saturated rings. The largest absolute Gasteiger partial charge is 0.494 e. The van der Waals surface area contributed by atoms with Gasteiger partial charge in [-0.1, -0.05) is 0 Å². The van der Waals surface area contributed by atoms with Gasteiger partial charge in [0.15, 0.2) is 0 Å². The normalized spacial score (nSPS) is 11.1. The van der Waals surface area contributed by atoms with Crippen LogP contribution in [-0.4, -0.2) is 27.0 Å². The van der Waals surface area contributed by atoms with Crippen LogP contribution in [0.4, 0.5) is 5.69 Å². The standard InChI is InChI=1S/C15H16N2O6S/c1-3-22-11-4-6-12(7-5-11)23-15-9-8-13(24(20,21)16-2)10-14(15)17(18)19/h4-10,16H,3H2,1-2H3. The van der Waals surface area contributed by atoms with Gasteiger partial charge in [0, 0.05) is 6.07 Å². The van der Waals surface area contributed by atoms with Crippen LogP contribution in [0.3, 0.4) is 0 Å². The summed E-state index contributed by atoms with van der Waals surface area (Å²) in [5.74, 6) is 0.958. The first-order chi connectivity index (χ1) is 11.4. The number of hydrogen-bond acceptors (Lipinski definition) is 6. The molecule has 128 valence electrons. The molecule has 0 aromatic heterocycles. The van der Waals surface area contributed by atoms with E-state index in [1.54, 1.807) is 24.3 Å². The zero-order chi connectivity index (χ0) is 17.7. The summed E-state index contributed by atoms with van der Waals surface area (Å²) in [5, 5.41) is 11.2. The minimum atomic E-state index is -3.78. The molecule has 1 N–H and O–H groups in total. The highest BCUT2D eigenvalue weighted by Gasteiger charge is 2.21. The Balaban J connectivity index is 2.34. The number of benzene rings is 2. The number of nitro benzene ring substituents is 1. The van der Waals surface area contributed by atoms with Crippen molar-refractivity contribution in [3.8, 4) is 17.2 Å². The predicted molar refractivity (Wildman–Crippen MR) is 87.0 cm³/mol. The molecule has 0 saturated carbocycles. The van der Waals surface area contributed by atoms with Crippen LogP contribution in [-0.2, 0) is 10.0 Å². The highest BCUT2D eigenvalue weighted by Crippen LogP contribution is 2.33. The number of rotatable bonds is 7. The Morgan fingerprint density at radius 3 is 2.29 bits per heavy atom. The molecule has 2 rings (SSSR count). The van der Waals surface area contributed by atoms with Crippen molar-refractivity contribution in [1.29, 1.82) is 0 Å². The summed E-state index contributed by atoms with van der Waals surface area (Å²) in [4.78, 5) is 10.3. The smallest absolute Gasteiger partial charge is 0.312 e. The molecule has 0 spiro atoms. The van der Waals surface area contributed by atoms with Crippen LogP contribution in [0.2, 0.25) is 0 Å². The third-order valence-electron chi connectivity index (χ3n) is 3.07. The molecule has 0 heterocycles. The quantitative estimate of drug-likeness (QED) is 0.606. The fourth-order valence-corrected chi connectivity index (χ4v) is 2.66. The molecule has 0 unspecified atom stereocenters. The van der Waals surface area contributed by atoms with Gasteiger partial charge < -0.3 is 9.47 Å². The molecular formula is C15H16N2O6S. The average molecular weight is 352 g/mol. The first-order valence-corrected chi connectivity index (χ1v) is 8.48. The number of nitro groups is 1. The van der Waals surface area contributed by atoms with Crippen molar-refractivity contribution in [2.24, 2.45) is 0 Å². The molecule has 0 amide bonds. The first kappa shape index (κ1) is 17.7. The monoisotopic (exact) mass is 352 g/mol. The third-order valence-corrected chi connectivity index (χ3v) is 4.48. The lowest BCUT2D eigenvalue weighted by molar-refractivity contribution is -0.385. The van der Waals surface area contributed by atoms with Gasteiger partial charge in [-0.15, -0.1) is 0 Å². The second-order valence-electron chi connectivity index (χ2n) is 4.60. The minimum absolute atomic E-state index is 0.0563. The van der Waals surface area contributed by atoms with Crippen LogP contribution in [0, 0.1) is 10.1 Å². The van der Waals surface area contributed by atoms with Crippen molar-refractivity contribution in [3.05, 3.63) is 52.6 Å². The van der Waals surface area contributed by atoms with Gasteiger partial charge in [-0.3, -0.25) is 10.1 Å². The van der Waals surface area contributed by atoms with Crippen molar-refractivity contribution in [1.82, 2.24) is 4.72 Å². The van der Waals surface area contributed by atoms with E-state index >= 15 is 0 Å². The summed E-state index contributed by atoms with van der Waals surface area (Å²) in [7, 11) is -2.55. The van der Waals surface area contributed by atoms with E-state index in [1.807, 2.05) is 6.92 Å². The minimum Gasteiger partial charge on any atom is -0.494 e. The Morgan fingerprint density at radius 2 is 1.75 bits per heavy atom. The summed E-state index contributed by atoms with van der Waals surface area (Å²) in [6.45, 7) is 2.38. The van der Waals surface area contributed by atoms with Crippen LogP contribution in [0.15, 0.2) is 47.4 Å². The lowest BCUT2D eigenvalue weighted by Gasteiger charge is -2.09. The molecule has 0 aliphatic carbocycles. The first-order valence-electron chi connectivity index (χ1n) is 7.00. The van der Waals surface area contributed by atoms with E-state index in [4.69, 9.17) is 9.47 Å². The average Bonchev–Trinajstić information content (AvgIpc) is 2.57. The van der Waals surface area contributed by atoms with Crippen LogP contribution < -0.4 is 14.2 Å². The number of nitrogens with zero attached hydrogens (tertiary/aromatic N) is 1. The van der Waals surface area contributed by atoms with E-state index in [0.29, 0.717) is 18.1 Å². The van der Waals surface area contributed by atoms with Gasteiger partial charge in [0.05, 0.1) is 16.4 Å². The Kier molecular flexibility index (Phi) is 5.37. The van der Waals surface area contributed by atoms with E-state index in [1.165, 1.54) is 19.2 Å². The van der Waals surface area contributed by atoms with E-state index in [9.17, 15) is 18.5 Å². The second-order valence-corrected chi connectivity index (χ2v) is 6.49. The molecule has 2 aromatic rings. The van der Waals surface area contributed by atoms with Crippen molar-refractivity contribution in [2.75, 3.05) is 13.7 Å².